The number of phenols is 1. The molecule has 2 saturated carbocycles. The van der Waals surface area contributed by atoms with Crippen molar-refractivity contribution in [2.75, 3.05) is 47.2 Å². The van der Waals surface area contributed by atoms with Gasteiger partial charge in [-0.15, -0.1) is 0 Å². The molecule has 0 radical (unpaired) electrons. The second-order valence-corrected chi connectivity index (χ2v) is 12.3. The largest absolute Gasteiger partial charge is 0.507 e. The first-order valence-electron chi connectivity index (χ1n) is 13.8. The Bertz CT molecular complexity index is 1510. The Hall–Kier alpha value is -3.71. The summed E-state index contributed by atoms with van der Waals surface area (Å²) >= 11 is 0. The number of furan rings is 1. The van der Waals surface area contributed by atoms with Gasteiger partial charge in [-0.25, -0.2) is 0 Å². The number of Topliss-reactive ketones (excluding diaryl/α,β-unsaturated/α-hetero) is 2. The SMILES string of the molecule is CN(C)Cc1ccc(-c2cc(N(C)C)c3c(c2O)C(O)=C2C(=O)[C@@]4(O)C(=O)C(C(N)=O)C(O)C(N(C)C)[C@H]4C[C@H]2C3)o1. The van der Waals surface area contributed by atoms with Crippen LogP contribution in [0.5, 0.6) is 5.75 Å². The average Bonchev–Trinajstić information content (AvgIpc) is 3.33. The molecule has 1 amide bonds. The Morgan fingerprint density at radius 3 is 2.36 bits per heavy atom. The van der Waals surface area contributed by atoms with E-state index in [1.807, 2.05) is 38.0 Å². The second kappa shape index (κ2) is 10.2. The molecule has 226 valence electrons. The summed E-state index contributed by atoms with van der Waals surface area (Å²) in [6.45, 7) is 0.528. The topological polar surface area (TPSA) is 181 Å². The Kier molecular flexibility index (Phi) is 7.25. The van der Waals surface area contributed by atoms with Crippen molar-refractivity contribution >= 4 is 28.9 Å². The zero-order valence-electron chi connectivity index (χ0n) is 24.6. The number of aromatic hydroxyl groups is 1. The number of hydrogen-bond acceptors (Lipinski definition) is 11. The van der Waals surface area contributed by atoms with Crippen molar-refractivity contribution in [2.45, 2.75) is 37.1 Å². The van der Waals surface area contributed by atoms with E-state index in [4.69, 9.17) is 10.2 Å². The fourth-order valence-electron chi connectivity index (χ4n) is 7.16. The molecule has 0 saturated heterocycles. The number of phenolic OH excluding ortho intramolecular Hbond substituents is 1. The van der Waals surface area contributed by atoms with Crippen LogP contribution in [0.15, 0.2) is 28.2 Å². The van der Waals surface area contributed by atoms with Crippen molar-refractivity contribution in [1.29, 1.82) is 0 Å². The molecule has 3 aliphatic carbocycles. The summed E-state index contributed by atoms with van der Waals surface area (Å²) in [5.74, 6) is -6.74. The Morgan fingerprint density at radius 2 is 1.79 bits per heavy atom. The maximum Gasteiger partial charge on any atom is 0.230 e. The minimum Gasteiger partial charge on any atom is -0.507 e. The monoisotopic (exact) mass is 582 g/mol. The highest BCUT2D eigenvalue weighted by Gasteiger charge is 2.67. The summed E-state index contributed by atoms with van der Waals surface area (Å²) in [4.78, 5) is 45.2. The number of carbonyl (C=O) groups is 3. The summed E-state index contributed by atoms with van der Waals surface area (Å²) in [5, 5.41) is 46.1. The summed E-state index contributed by atoms with van der Waals surface area (Å²) in [5.41, 5.74) is 4.13. The highest BCUT2D eigenvalue weighted by Crippen LogP contribution is 2.54. The van der Waals surface area contributed by atoms with Gasteiger partial charge in [-0.05, 0) is 70.7 Å². The van der Waals surface area contributed by atoms with Crippen molar-refractivity contribution in [3.05, 3.63) is 40.7 Å². The van der Waals surface area contributed by atoms with Crippen LogP contribution < -0.4 is 10.6 Å². The van der Waals surface area contributed by atoms with Gasteiger partial charge in [0.15, 0.2) is 11.4 Å². The standard InChI is InChI=1S/C30H38N4O8/c1-32(2)12-14-7-8-19(42-14)16-11-18(33(3)4)15-9-13-10-17-23(34(5)6)26(37)22(29(31)40)28(39)30(17,41)27(38)20(13)25(36)21(15)24(16)35/h7-8,11,13,17,22-23,26,35-37,41H,9-10,12H2,1-6H3,(H2,31,40)/t13-,17-,22?,23?,26?,30-/m1/s1. The predicted molar refractivity (Wildman–Crippen MR) is 154 cm³/mol. The van der Waals surface area contributed by atoms with Gasteiger partial charge in [0.05, 0.1) is 23.8 Å². The number of hydrogen-bond donors (Lipinski definition) is 5. The number of rotatable bonds is 6. The molecule has 0 aliphatic heterocycles. The van der Waals surface area contributed by atoms with E-state index >= 15 is 0 Å². The number of likely N-dealkylation sites (N-methyl/N-ethyl adjacent to an activating group) is 1. The van der Waals surface area contributed by atoms with Crippen LogP contribution in [0.4, 0.5) is 5.69 Å². The van der Waals surface area contributed by atoms with Gasteiger partial charge < -0.3 is 45.3 Å². The quantitative estimate of drug-likeness (QED) is 0.300. The first kappa shape index (κ1) is 29.8. The van der Waals surface area contributed by atoms with Gasteiger partial charge in [-0.3, -0.25) is 14.4 Å². The minimum absolute atomic E-state index is 0.0160. The second-order valence-electron chi connectivity index (χ2n) is 12.3. The number of carbonyl (C=O) groups excluding carboxylic acids is 3. The van der Waals surface area contributed by atoms with Gasteiger partial charge in [0, 0.05) is 37.3 Å². The summed E-state index contributed by atoms with van der Waals surface area (Å²) in [6, 6.07) is 4.32. The first-order valence-corrected chi connectivity index (χ1v) is 13.8. The van der Waals surface area contributed by atoms with Crippen molar-refractivity contribution < 1.29 is 39.2 Å². The number of aliphatic hydroxyl groups excluding tert-OH is 2. The van der Waals surface area contributed by atoms with Gasteiger partial charge in [0.25, 0.3) is 0 Å². The van der Waals surface area contributed by atoms with E-state index < -0.39 is 58.7 Å². The van der Waals surface area contributed by atoms with Crippen LogP contribution in [0.1, 0.15) is 23.3 Å². The van der Waals surface area contributed by atoms with Crippen LogP contribution >= 0.6 is 0 Å². The van der Waals surface area contributed by atoms with E-state index in [0.717, 1.165) is 0 Å². The Labute approximate surface area is 243 Å². The zero-order chi connectivity index (χ0) is 31.0. The van der Waals surface area contributed by atoms with Crippen molar-refractivity contribution in [3.63, 3.8) is 0 Å². The molecule has 42 heavy (non-hydrogen) atoms. The number of benzene rings is 1. The molecule has 6 atom stereocenters. The predicted octanol–water partition coefficient (Wildman–Crippen LogP) is 0.517. The number of anilines is 1. The zero-order valence-corrected chi connectivity index (χ0v) is 24.6. The molecule has 1 aromatic carbocycles. The first-order chi connectivity index (χ1) is 19.6. The number of aliphatic hydroxyl groups is 3. The van der Waals surface area contributed by atoms with Gasteiger partial charge in [-0.1, -0.05) is 0 Å². The highest BCUT2D eigenvalue weighted by molar-refractivity contribution is 6.25. The molecule has 0 bridgehead atoms. The maximum absolute atomic E-state index is 14.1. The fraction of sp³-hybridized carbons (Fsp3) is 0.500. The number of amides is 1. The average molecular weight is 583 g/mol. The van der Waals surface area contributed by atoms with E-state index in [1.54, 1.807) is 37.2 Å². The van der Waals surface area contributed by atoms with Crippen LogP contribution in [0.3, 0.4) is 0 Å². The lowest BCUT2D eigenvalue weighted by molar-refractivity contribution is -0.184. The van der Waals surface area contributed by atoms with Crippen LogP contribution in [0.2, 0.25) is 0 Å². The van der Waals surface area contributed by atoms with Crippen LogP contribution in [-0.2, 0) is 27.3 Å². The molecular formula is C30H38N4O8. The molecule has 3 aliphatic rings. The summed E-state index contributed by atoms with van der Waals surface area (Å²) < 4.78 is 5.99. The van der Waals surface area contributed by atoms with E-state index in [1.165, 1.54) is 0 Å². The number of fused-ring (bicyclic) bond motifs is 3. The molecule has 1 heterocycles. The lowest BCUT2D eigenvalue weighted by Gasteiger charge is -2.53. The van der Waals surface area contributed by atoms with Gasteiger partial charge >= 0.3 is 0 Å². The van der Waals surface area contributed by atoms with E-state index in [0.29, 0.717) is 34.9 Å². The van der Waals surface area contributed by atoms with E-state index in [2.05, 4.69) is 0 Å². The van der Waals surface area contributed by atoms with Gasteiger partial charge in [0.2, 0.25) is 11.7 Å². The van der Waals surface area contributed by atoms with Gasteiger partial charge in [-0.2, -0.15) is 0 Å². The molecule has 2 aromatic rings. The molecule has 6 N–H and O–H groups in total. The van der Waals surface area contributed by atoms with E-state index in [-0.39, 0.29) is 29.7 Å². The molecule has 3 unspecified atom stereocenters. The normalized spacial score (nSPS) is 29.0. The van der Waals surface area contributed by atoms with Crippen LogP contribution in [0, 0.1) is 17.8 Å². The van der Waals surface area contributed by atoms with Crippen LogP contribution in [-0.4, -0.2) is 108 Å². The Morgan fingerprint density at radius 1 is 1.12 bits per heavy atom. The van der Waals surface area contributed by atoms with Crippen molar-refractivity contribution in [1.82, 2.24) is 9.80 Å². The molecule has 0 spiro atoms. The van der Waals surface area contributed by atoms with Crippen molar-refractivity contribution in [3.8, 4) is 17.1 Å². The minimum atomic E-state index is -2.70. The number of ketones is 2. The van der Waals surface area contributed by atoms with Crippen molar-refractivity contribution in [2.24, 2.45) is 23.5 Å². The maximum atomic E-state index is 14.1. The molecule has 5 rings (SSSR count). The van der Waals surface area contributed by atoms with E-state index in [9.17, 15) is 34.8 Å². The van der Waals surface area contributed by atoms with Crippen LogP contribution in [0.25, 0.3) is 17.1 Å². The summed E-state index contributed by atoms with van der Waals surface area (Å²) in [6.07, 6.45) is -1.27. The third-order valence-corrected chi connectivity index (χ3v) is 8.95. The lowest BCUT2D eigenvalue weighted by atomic mass is 9.54. The number of nitrogens with two attached hydrogens (primary N) is 1. The molecule has 12 nitrogen and oxygen atoms in total. The smallest absolute Gasteiger partial charge is 0.230 e. The highest BCUT2D eigenvalue weighted by atomic mass is 16.3. The fourth-order valence-corrected chi connectivity index (χ4v) is 7.16. The molecular weight excluding hydrogens is 544 g/mol. The molecule has 2 fully saturated rings. The van der Waals surface area contributed by atoms with Gasteiger partial charge in [0.1, 0.15) is 28.9 Å². The summed E-state index contributed by atoms with van der Waals surface area (Å²) in [7, 11) is 10.7. The number of nitrogens with zero attached hydrogens (tertiary/aromatic N) is 3. The Balaban J connectivity index is 1.70. The molecule has 1 aromatic heterocycles. The number of primary amides is 1. The third-order valence-electron chi connectivity index (χ3n) is 8.95. The lowest BCUT2D eigenvalue weighted by Crippen LogP contribution is -2.73. The third kappa shape index (κ3) is 4.24. The molecule has 12 heteroatoms.